The quantitative estimate of drug-likeness (QED) is 0.722. The molecule has 0 aliphatic carbocycles. The second-order valence-corrected chi connectivity index (χ2v) is 7.28. The van der Waals surface area contributed by atoms with E-state index in [0.29, 0.717) is 5.13 Å². The summed E-state index contributed by atoms with van der Waals surface area (Å²) in [5, 5.41) is 12.6. The lowest BCUT2D eigenvalue weighted by atomic mass is 9.96. The highest BCUT2D eigenvalue weighted by Gasteiger charge is 2.22. The highest BCUT2D eigenvalue weighted by molar-refractivity contribution is 7.15. The average molecular weight is 297 g/mol. The fourth-order valence-corrected chi connectivity index (χ4v) is 2.52. The monoisotopic (exact) mass is 297 g/mol. The van der Waals surface area contributed by atoms with Gasteiger partial charge in [-0.05, 0) is 6.42 Å². The molecule has 0 aliphatic heterocycles. The van der Waals surface area contributed by atoms with Crippen LogP contribution in [0.2, 0.25) is 0 Å². The summed E-state index contributed by atoms with van der Waals surface area (Å²) in [6, 6.07) is 0. The van der Waals surface area contributed by atoms with Gasteiger partial charge in [0.15, 0.2) is 0 Å². The van der Waals surface area contributed by atoms with Crippen molar-refractivity contribution in [1.82, 2.24) is 10.2 Å². The third kappa shape index (κ3) is 6.46. The van der Waals surface area contributed by atoms with Crippen LogP contribution in [-0.2, 0) is 11.2 Å². The second kappa shape index (κ2) is 8.35. The van der Waals surface area contributed by atoms with Crippen molar-refractivity contribution in [2.24, 2.45) is 5.41 Å². The third-order valence-corrected chi connectivity index (χ3v) is 4.01. The number of anilines is 1. The number of carbonyl (C=O) groups excluding carboxylic acids is 1. The number of nitrogens with one attached hydrogen (secondary N) is 1. The van der Waals surface area contributed by atoms with Gasteiger partial charge in [0.25, 0.3) is 0 Å². The number of hydrogen-bond acceptors (Lipinski definition) is 4. The molecule has 20 heavy (non-hydrogen) atoms. The Kier molecular flexibility index (Phi) is 7.13. The molecular formula is C15H27N3OS. The Morgan fingerprint density at radius 3 is 2.40 bits per heavy atom. The molecule has 1 aromatic heterocycles. The predicted octanol–water partition coefficient (Wildman–Crippen LogP) is 4.43. The number of nitrogens with zero attached hydrogens (tertiary/aromatic N) is 2. The molecule has 1 amide bonds. The third-order valence-electron chi connectivity index (χ3n) is 3.11. The highest BCUT2D eigenvalue weighted by atomic mass is 32.1. The van der Waals surface area contributed by atoms with Crippen molar-refractivity contribution in [2.75, 3.05) is 5.32 Å². The standard InChI is InChI=1S/C15H27N3OS/c1-5-6-7-8-9-10-11-12-17-18-14(20-12)16-13(19)15(2,3)4/h5-11H2,1-4H3,(H,16,18,19). The van der Waals surface area contributed by atoms with Crippen molar-refractivity contribution in [2.45, 2.75) is 72.6 Å². The lowest BCUT2D eigenvalue weighted by Gasteiger charge is -2.15. The van der Waals surface area contributed by atoms with Gasteiger partial charge in [-0.1, -0.05) is 71.1 Å². The number of amides is 1. The van der Waals surface area contributed by atoms with Crippen LogP contribution in [0.5, 0.6) is 0 Å². The second-order valence-electron chi connectivity index (χ2n) is 6.22. The van der Waals surface area contributed by atoms with E-state index in [9.17, 15) is 4.79 Å². The van der Waals surface area contributed by atoms with E-state index in [1.807, 2.05) is 20.8 Å². The molecule has 114 valence electrons. The summed E-state index contributed by atoms with van der Waals surface area (Å²) >= 11 is 1.49. The van der Waals surface area contributed by atoms with Gasteiger partial charge in [0.05, 0.1) is 0 Å². The summed E-state index contributed by atoms with van der Waals surface area (Å²) in [6.07, 6.45) is 8.64. The Bertz CT molecular complexity index is 409. The zero-order chi connectivity index (χ0) is 15.0. The minimum Gasteiger partial charge on any atom is -0.300 e. The zero-order valence-corrected chi connectivity index (χ0v) is 14.0. The largest absolute Gasteiger partial charge is 0.300 e. The molecule has 0 bridgehead atoms. The number of aryl methyl sites for hydroxylation is 1. The molecule has 1 rings (SSSR count). The van der Waals surface area contributed by atoms with Crippen LogP contribution in [0, 0.1) is 5.41 Å². The summed E-state index contributed by atoms with van der Waals surface area (Å²) in [5.74, 6) is -0.0141. The van der Waals surface area contributed by atoms with Crippen LogP contribution in [-0.4, -0.2) is 16.1 Å². The molecule has 0 radical (unpaired) electrons. The van der Waals surface area contributed by atoms with Crippen LogP contribution in [0.15, 0.2) is 0 Å². The average Bonchev–Trinajstić information content (AvgIpc) is 2.80. The van der Waals surface area contributed by atoms with Crippen molar-refractivity contribution < 1.29 is 4.79 Å². The van der Waals surface area contributed by atoms with Crippen molar-refractivity contribution in [3.8, 4) is 0 Å². The summed E-state index contributed by atoms with van der Waals surface area (Å²) in [4.78, 5) is 11.8. The fraction of sp³-hybridized carbons (Fsp3) is 0.800. The Morgan fingerprint density at radius 2 is 1.75 bits per heavy atom. The molecule has 0 aliphatic rings. The first kappa shape index (κ1) is 17.1. The minimum atomic E-state index is -0.398. The van der Waals surface area contributed by atoms with Crippen molar-refractivity contribution in [1.29, 1.82) is 0 Å². The highest BCUT2D eigenvalue weighted by Crippen LogP contribution is 2.21. The smallest absolute Gasteiger partial charge is 0.231 e. The van der Waals surface area contributed by atoms with Crippen molar-refractivity contribution >= 4 is 22.4 Å². The molecule has 1 heterocycles. The van der Waals surface area contributed by atoms with Crippen LogP contribution in [0.25, 0.3) is 0 Å². The van der Waals surface area contributed by atoms with Crippen LogP contribution in [0.3, 0.4) is 0 Å². The summed E-state index contributed by atoms with van der Waals surface area (Å²) in [7, 11) is 0. The number of carbonyl (C=O) groups is 1. The molecule has 0 atom stereocenters. The Balaban J connectivity index is 2.28. The van der Waals surface area contributed by atoms with E-state index in [0.717, 1.165) is 17.8 Å². The van der Waals surface area contributed by atoms with E-state index < -0.39 is 5.41 Å². The molecule has 0 aromatic carbocycles. The van der Waals surface area contributed by atoms with Gasteiger partial charge in [-0.15, -0.1) is 10.2 Å². The lowest BCUT2D eigenvalue weighted by molar-refractivity contribution is -0.123. The maximum absolute atomic E-state index is 11.8. The van der Waals surface area contributed by atoms with E-state index in [1.165, 1.54) is 43.4 Å². The first-order valence-electron chi connectivity index (χ1n) is 7.57. The zero-order valence-electron chi connectivity index (χ0n) is 13.2. The summed E-state index contributed by atoms with van der Waals surface area (Å²) in [6.45, 7) is 7.90. The summed E-state index contributed by atoms with van der Waals surface area (Å²) in [5.41, 5.74) is -0.398. The molecule has 5 heteroatoms. The maximum Gasteiger partial charge on any atom is 0.231 e. The van der Waals surface area contributed by atoms with Crippen molar-refractivity contribution in [3.63, 3.8) is 0 Å². The van der Waals surface area contributed by atoms with Gasteiger partial charge in [-0.25, -0.2) is 0 Å². The minimum absolute atomic E-state index is 0.0141. The summed E-state index contributed by atoms with van der Waals surface area (Å²) < 4.78 is 0. The van der Waals surface area contributed by atoms with Gasteiger partial charge in [-0.2, -0.15) is 0 Å². The number of unbranched alkanes of at least 4 members (excludes halogenated alkanes) is 5. The molecular weight excluding hydrogens is 270 g/mol. The maximum atomic E-state index is 11.8. The van der Waals surface area contributed by atoms with Crippen molar-refractivity contribution in [3.05, 3.63) is 5.01 Å². The molecule has 4 nitrogen and oxygen atoms in total. The van der Waals surface area contributed by atoms with Crippen LogP contribution >= 0.6 is 11.3 Å². The van der Waals surface area contributed by atoms with Crippen LogP contribution < -0.4 is 5.32 Å². The van der Waals surface area contributed by atoms with Crippen LogP contribution in [0.1, 0.15) is 71.2 Å². The topological polar surface area (TPSA) is 54.9 Å². The van der Waals surface area contributed by atoms with Gasteiger partial charge in [0.1, 0.15) is 5.01 Å². The van der Waals surface area contributed by atoms with E-state index in [2.05, 4.69) is 22.4 Å². The Morgan fingerprint density at radius 1 is 1.10 bits per heavy atom. The van der Waals surface area contributed by atoms with Crippen LogP contribution in [0.4, 0.5) is 5.13 Å². The number of aromatic nitrogens is 2. The number of rotatable bonds is 8. The predicted molar refractivity (Wildman–Crippen MR) is 85.1 cm³/mol. The molecule has 0 saturated heterocycles. The Hall–Kier alpha value is -0.970. The van der Waals surface area contributed by atoms with E-state index in [1.54, 1.807) is 0 Å². The lowest BCUT2D eigenvalue weighted by Crippen LogP contribution is -2.27. The fourth-order valence-electron chi connectivity index (χ4n) is 1.75. The van der Waals surface area contributed by atoms with Gasteiger partial charge in [-0.3, -0.25) is 4.79 Å². The van der Waals surface area contributed by atoms with Gasteiger partial charge >= 0.3 is 0 Å². The first-order chi connectivity index (χ1) is 9.43. The van der Waals surface area contributed by atoms with E-state index >= 15 is 0 Å². The molecule has 0 spiro atoms. The van der Waals surface area contributed by atoms with Gasteiger partial charge in [0, 0.05) is 11.8 Å². The molecule has 1 N–H and O–H groups in total. The number of hydrogen-bond donors (Lipinski definition) is 1. The van der Waals surface area contributed by atoms with Gasteiger partial charge in [0.2, 0.25) is 11.0 Å². The molecule has 0 fully saturated rings. The molecule has 1 aromatic rings. The molecule has 0 saturated carbocycles. The normalized spacial score (nSPS) is 11.6. The first-order valence-corrected chi connectivity index (χ1v) is 8.39. The Labute approximate surface area is 126 Å². The SMILES string of the molecule is CCCCCCCCc1nnc(NC(=O)C(C)(C)C)s1. The molecule has 0 unspecified atom stereocenters. The van der Waals surface area contributed by atoms with E-state index in [-0.39, 0.29) is 5.91 Å². The van der Waals surface area contributed by atoms with Gasteiger partial charge < -0.3 is 5.32 Å². The van der Waals surface area contributed by atoms with E-state index in [4.69, 9.17) is 0 Å².